The maximum Gasteiger partial charge on any atom is 0.307 e. The molecule has 8 heteroatoms. The number of hydrogen-bond donors (Lipinski definition) is 1. The van der Waals surface area contributed by atoms with Crippen LogP contribution in [0.4, 0.5) is 4.39 Å². The predicted octanol–water partition coefficient (Wildman–Crippen LogP) is 5.01. The van der Waals surface area contributed by atoms with Gasteiger partial charge in [-0.05, 0) is 74.6 Å². The second-order valence-electron chi connectivity index (χ2n) is 10.4. The summed E-state index contributed by atoms with van der Waals surface area (Å²) in [6, 6.07) is 6.97. The number of imidazole rings is 1. The van der Waals surface area contributed by atoms with E-state index >= 15 is 4.39 Å². The number of fused-ring (bicyclic) bond motifs is 1. The van der Waals surface area contributed by atoms with Crippen molar-refractivity contribution in [1.29, 1.82) is 0 Å². The van der Waals surface area contributed by atoms with Crippen LogP contribution in [0.5, 0.6) is 0 Å². The first-order chi connectivity index (χ1) is 16.9. The van der Waals surface area contributed by atoms with E-state index in [1.165, 1.54) is 6.07 Å². The second kappa shape index (κ2) is 8.43. The van der Waals surface area contributed by atoms with Gasteiger partial charge in [-0.25, -0.2) is 13.9 Å². The predicted molar refractivity (Wildman–Crippen MR) is 128 cm³/mol. The van der Waals surface area contributed by atoms with Crippen LogP contribution in [0.15, 0.2) is 30.5 Å². The maximum absolute atomic E-state index is 15.1. The minimum Gasteiger partial charge on any atom is -0.481 e. The second-order valence-corrected chi connectivity index (χ2v) is 10.4. The lowest BCUT2D eigenvalue weighted by Gasteiger charge is -2.26. The number of carbonyl (C=O) groups excluding carboxylic acids is 1. The Hall–Kier alpha value is -3.29. The SMILES string of the molecule is C[C@@H]1CCCCCN1C(=O)c1cc(C2CC2)c2nc(-c3ccc([C@H]4C[C@@H]4C(=O)O)cc3F)cn2n1. The van der Waals surface area contributed by atoms with Crippen molar-refractivity contribution in [3.63, 3.8) is 0 Å². The summed E-state index contributed by atoms with van der Waals surface area (Å²) in [6.45, 7) is 2.85. The van der Waals surface area contributed by atoms with Gasteiger partial charge in [0.1, 0.15) is 11.5 Å². The molecule has 1 N–H and O–H groups in total. The molecule has 3 aromatic rings. The first kappa shape index (κ1) is 22.2. The molecule has 6 rings (SSSR count). The third-order valence-electron chi connectivity index (χ3n) is 7.81. The summed E-state index contributed by atoms with van der Waals surface area (Å²) in [4.78, 5) is 31.3. The van der Waals surface area contributed by atoms with Crippen LogP contribution in [0.3, 0.4) is 0 Å². The van der Waals surface area contributed by atoms with E-state index in [4.69, 9.17) is 4.98 Å². The van der Waals surface area contributed by atoms with Crippen LogP contribution in [0.2, 0.25) is 0 Å². The zero-order chi connectivity index (χ0) is 24.3. The fourth-order valence-corrected chi connectivity index (χ4v) is 5.46. The summed E-state index contributed by atoms with van der Waals surface area (Å²) in [7, 11) is 0. The lowest BCUT2D eigenvalue weighted by Crippen LogP contribution is -2.39. The average molecular weight is 477 g/mol. The van der Waals surface area contributed by atoms with Gasteiger partial charge in [0.15, 0.2) is 5.65 Å². The van der Waals surface area contributed by atoms with Crippen molar-refractivity contribution in [3.8, 4) is 11.3 Å². The van der Waals surface area contributed by atoms with Crippen molar-refractivity contribution in [1.82, 2.24) is 19.5 Å². The van der Waals surface area contributed by atoms with Crippen LogP contribution in [0, 0.1) is 11.7 Å². The summed E-state index contributed by atoms with van der Waals surface area (Å²) >= 11 is 0. The highest BCUT2D eigenvalue weighted by Gasteiger charge is 2.44. The van der Waals surface area contributed by atoms with E-state index in [2.05, 4.69) is 12.0 Å². The molecule has 1 aliphatic heterocycles. The molecule has 3 atom stereocenters. The van der Waals surface area contributed by atoms with Gasteiger partial charge in [0.05, 0.1) is 17.8 Å². The Morgan fingerprint density at radius 1 is 1.11 bits per heavy atom. The largest absolute Gasteiger partial charge is 0.481 e. The third kappa shape index (κ3) is 4.09. The molecular weight excluding hydrogens is 447 g/mol. The van der Waals surface area contributed by atoms with Gasteiger partial charge >= 0.3 is 5.97 Å². The van der Waals surface area contributed by atoms with E-state index in [1.54, 1.807) is 22.8 Å². The molecule has 3 aliphatic rings. The van der Waals surface area contributed by atoms with Gasteiger partial charge in [-0.2, -0.15) is 5.10 Å². The van der Waals surface area contributed by atoms with E-state index in [0.29, 0.717) is 40.5 Å². The maximum atomic E-state index is 15.1. The molecule has 0 bridgehead atoms. The Morgan fingerprint density at radius 3 is 2.66 bits per heavy atom. The van der Waals surface area contributed by atoms with Gasteiger partial charge in [-0.1, -0.05) is 18.9 Å². The molecule has 2 aliphatic carbocycles. The first-order valence-electron chi connectivity index (χ1n) is 12.6. The summed E-state index contributed by atoms with van der Waals surface area (Å²) in [5.41, 5.74) is 3.60. The Morgan fingerprint density at radius 2 is 1.94 bits per heavy atom. The number of aliphatic carboxylic acids is 1. The molecule has 0 radical (unpaired) electrons. The molecule has 2 aromatic heterocycles. The minimum atomic E-state index is -0.835. The Labute approximate surface area is 203 Å². The van der Waals surface area contributed by atoms with Gasteiger partial charge in [0.2, 0.25) is 0 Å². The number of likely N-dealkylation sites (tertiary alicyclic amines) is 1. The molecule has 0 unspecified atom stereocenters. The summed E-state index contributed by atoms with van der Waals surface area (Å²) < 4.78 is 16.7. The highest BCUT2D eigenvalue weighted by Crippen LogP contribution is 2.48. The fourth-order valence-electron chi connectivity index (χ4n) is 5.46. The number of benzene rings is 1. The highest BCUT2D eigenvalue weighted by molar-refractivity contribution is 5.93. The molecule has 1 amide bonds. The molecule has 7 nitrogen and oxygen atoms in total. The Bertz CT molecular complexity index is 1330. The van der Waals surface area contributed by atoms with Gasteiger partial charge in [0.25, 0.3) is 5.91 Å². The van der Waals surface area contributed by atoms with Crippen LogP contribution in [-0.2, 0) is 4.79 Å². The van der Waals surface area contributed by atoms with E-state index in [-0.39, 0.29) is 17.9 Å². The van der Waals surface area contributed by atoms with Crippen molar-refractivity contribution in [2.75, 3.05) is 6.54 Å². The van der Waals surface area contributed by atoms with Crippen molar-refractivity contribution >= 4 is 17.5 Å². The lowest BCUT2D eigenvalue weighted by atomic mass is 10.0. The van der Waals surface area contributed by atoms with E-state index in [9.17, 15) is 14.7 Å². The normalized spacial score (nSPS) is 24.4. The summed E-state index contributed by atoms with van der Waals surface area (Å²) in [5, 5.41) is 13.8. The number of carboxylic acid groups (broad SMARTS) is 1. The number of nitrogens with zero attached hydrogens (tertiary/aromatic N) is 4. The van der Waals surface area contributed by atoms with Crippen LogP contribution in [0.1, 0.15) is 85.3 Å². The molecule has 0 spiro atoms. The van der Waals surface area contributed by atoms with Crippen LogP contribution in [0.25, 0.3) is 16.9 Å². The molecule has 3 fully saturated rings. The lowest BCUT2D eigenvalue weighted by molar-refractivity contribution is -0.138. The Balaban J connectivity index is 1.35. The fraction of sp³-hybridized carbons (Fsp3) is 0.481. The topological polar surface area (TPSA) is 87.8 Å². The standard InChI is InChI=1S/C27H29FN4O3/c1-15-5-3-2-4-10-31(15)26(33)23-13-20(16-6-7-16)25-29-24(14-32(25)30-23)18-9-8-17(11-22(18)28)19-12-21(19)27(34)35/h8-9,11,13-16,19,21H,2-7,10,12H2,1H3,(H,34,35)/t15-,19-,21+/m1/s1. The number of carbonyl (C=O) groups is 2. The first-order valence-corrected chi connectivity index (χ1v) is 12.6. The van der Waals surface area contributed by atoms with E-state index in [0.717, 1.165) is 50.6 Å². The summed E-state index contributed by atoms with van der Waals surface area (Å²) in [5.74, 6) is -1.52. The van der Waals surface area contributed by atoms with Crippen molar-refractivity contribution in [3.05, 3.63) is 53.1 Å². The van der Waals surface area contributed by atoms with Crippen LogP contribution < -0.4 is 0 Å². The van der Waals surface area contributed by atoms with Gasteiger partial charge in [-0.15, -0.1) is 0 Å². The number of rotatable bonds is 5. The van der Waals surface area contributed by atoms with E-state index in [1.807, 2.05) is 11.0 Å². The van der Waals surface area contributed by atoms with Crippen molar-refractivity contribution in [2.24, 2.45) is 5.92 Å². The number of aromatic nitrogens is 3. The van der Waals surface area contributed by atoms with Crippen LogP contribution >= 0.6 is 0 Å². The molecule has 182 valence electrons. The monoisotopic (exact) mass is 476 g/mol. The van der Waals surface area contributed by atoms with Gasteiger partial charge in [-0.3, -0.25) is 9.59 Å². The molecule has 3 heterocycles. The number of carboxylic acids is 1. The third-order valence-corrected chi connectivity index (χ3v) is 7.81. The number of hydrogen-bond acceptors (Lipinski definition) is 4. The van der Waals surface area contributed by atoms with Gasteiger partial charge in [0, 0.05) is 23.7 Å². The number of halogens is 1. The quantitative estimate of drug-likeness (QED) is 0.560. The van der Waals surface area contributed by atoms with Gasteiger partial charge < -0.3 is 10.0 Å². The Kier molecular flexibility index (Phi) is 5.34. The van der Waals surface area contributed by atoms with Crippen molar-refractivity contribution in [2.45, 2.75) is 69.7 Å². The van der Waals surface area contributed by atoms with Crippen molar-refractivity contribution < 1.29 is 19.1 Å². The molecular formula is C27H29FN4O3. The molecule has 2 saturated carbocycles. The average Bonchev–Trinajstić information content (AvgIpc) is 3.74. The molecule has 1 aromatic carbocycles. The van der Waals surface area contributed by atoms with E-state index < -0.39 is 17.7 Å². The van der Waals surface area contributed by atoms with Crippen LogP contribution in [-0.4, -0.2) is 49.1 Å². The zero-order valence-electron chi connectivity index (χ0n) is 19.8. The summed E-state index contributed by atoms with van der Waals surface area (Å²) in [6.07, 6.45) is 8.62. The molecule has 1 saturated heterocycles. The number of amides is 1. The highest BCUT2D eigenvalue weighted by atomic mass is 19.1. The molecule has 35 heavy (non-hydrogen) atoms. The zero-order valence-corrected chi connectivity index (χ0v) is 19.8. The minimum absolute atomic E-state index is 0.0496. The smallest absolute Gasteiger partial charge is 0.307 e.